The van der Waals surface area contributed by atoms with Gasteiger partial charge in [-0.15, -0.1) is 0 Å². The van der Waals surface area contributed by atoms with Gasteiger partial charge in [-0.2, -0.15) is 0 Å². The molecule has 6 heteroatoms. The fraction of sp³-hybridized carbons (Fsp3) is 0.429. The van der Waals surface area contributed by atoms with Gasteiger partial charge in [-0.05, 0) is 18.6 Å². The van der Waals surface area contributed by atoms with Gasteiger partial charge in [0.05, 0.1) is 18.4 Å². The summed E-state index contributed by atoms with van der Waals surface area (Å²) in [5.41, 5.74) is 6.62. The van der Waals surface area contributed by atoms with Crippen molar-refractivity contribution in [3.63, 3.8) is 0 Å². The Labute approximate surface area is 117 Å². The Bertz CT molecular complexity index is 530. The number of nitrogens with zero attached hydrogens (tertiary/aromatic N) is 1. The number of methoxy groups -OCH3 is 1. The first-order chi connectivity index (χ1) is 9.52. The predicted molar refractivity (Wildman–Crippen MR) is 75.5 cm³/mol. The molecular formula is C14H19N3O3. The van der Waals surface area contributed by atoms with Gasteiger partial charge in [0.15, 0.2) is 5.75 Å². The molecule has 3 N–H and O–H groups in total. The number of nitrogens with two attached hydrogens (primary N) is 1. The van der Waals surface area contributed by atoms with Gasteiger partial charge in [0.25, 0.3) is 5.91 Å². The highest BCUT2D eigenvalue weighted by Crippen LogP contribution is 2.26. The van der Waals surface area contributed by atoms with Gasteiger partial charge in [-0.1, -0.05) is 6.07 Å². The zero-order valence-electron chi connectivity index (χ0n) is 11.7. The van der Waals surface area contributed by atoms with Crippen molar-refractivity contribution in [1.82, 2.24) is 10.2 Å². The highest BCUT2D eigenvalue weighted by atomic mass is 16.5. The summed E-state index contributed by atoms with van der Waals surface area (Å²) < 4.78 is 5.17. The number of nitrogens with one attached hydrogen (secondary N) is 1. The molecule has 1 aromatic rings. The molecule has 0 radical (unpaired) electrons. The molecule has 0 aliphatic carbocycles. The second kappa shape index (κ2) is 5.81. The van der Waals surface area contributed by atoms with Crippen molar-refractivity contribution in [3.8, 4) is 5.75 Å². The zero-order valence-corrected chi connectivity index (χ0v) is 11.7. The van der Waals surface area contributed by atoms with Gasteiger partial charge in [0.2, 0.25) is 5.91 Å². The Hall–Kier alpha value is -2.24. The molecule has 1 atom stereocenters. The van der Waals surface area contributed by atoms with Crippen LogP contribution in [0.1, 0.15) is 23.2 Å². The van der Waals surface area contributed by atoms with Crippen molar-refractivity contribution in [1.29, 1.82) is 0 Å². The smallest absolute Gasteiger partial charge is 0.255 e. The molecule has 1 aliphatic rings. The number of piperidine rings is 1. The zero-order chi connectivity index (χ0) is 14.7. The molecule has 20 heavy (non-hydrogen) atoms. The van der Waals surface area contributed by atoms with Gasteiger partial charge in [0.1, 0.15) is 0 Å². The number of anilines is 1. The van der Waals surface area contributed by atoms with E-state index in [4.69, 9.17) is 10.5 Å². The number of amides is 2. The van der Waals surface area contributed by atoms with E-state index in [-0.39, 0.29) is 17.9 Å². The number of hydrogen-bond donors (Lipinski definition) is 2. The number of ether oxygens (including phenoxy) is 1. The minimum atomic E-state index is -0.234. The average molecular weight is 277 g/mol. The Morgan fingerprint density at radius 2 is 2.25 bits per heavy atom. The van der Waals surface area contributed by atoms with E-state index >= 15 is 0 Å². The number of para-hydroxylation sites is 1. The molecule has 2 rings (SSSR count). The van der Waals surface area contributed by atoms with Crippen molar-refractivity contribution in [3.05, 3.63) is 23.8 Å². The molecule has 0 aromatic heterocycles. The summed E-state index contributed by atoms with van der Waals surface area (Å²) in [4.78, 5) is 25.3. The summed E-state index contributed by atoms with van der Waals surface area (Å²) in [6.07, 6.45) is 1.11. The molecule has 1 fully saturated rings. The highest BCUT2D eigenvalue weighted by Gasteiger charge is 2.25. The third-order valence-corrected chi connectivity index (χ3v) is 3.46. The van der Waals surface area contributed by atoms with E-state index in [1.165, 1.54) is 7.11 Å². The molecule has 2 amide bonds. The summed E-state index contributed by atoms with van der Waals surface area (Å²) in [7, 11) is 3.22. The molecule has 1 saturated heterocycles. The molecule has 1 aliphatic heterocycles. The number of benzene rings is 1. The summed E-state index contributed by atoms with van der Waals surface area (Å²) >= 11 is 0. The molecular weight excluding hydrogens is 258 g/mol. The first-order valence-corrected chi connectivity index (χ1v) is 6.50. The minimum Gasteiger partial charge on any atom is -0.494 e. The van der Waals surface area contributed by atoms with E-state index in [0.717, 1.165) is 0 Å². The van der Waals surface area contributed by atoms with Crippen LogP contribution in [-0.4, -0.2) is 43.5 Å². The second-order valence-electron chi connectivity index (χ2n) is 4.91. The second-order valence-corrected chi connectivity index (χ2v) is 4.91. The van der Waals surface area contributed by atoms with E-state index < -0.39 is 0 Å². The van der Waals surface area contributed by atoms with E-state index in [1.54, 1.807) is 30.1 Å². The van der Waals surface area contributed by atoms with Crippen molar-refractivity contribution < 1.29 is 14.3 Å². The lowest BCUT2D eigenvalue weighted by atomic mass is 10.0. The first-order valence-electron chi connectivity index (χ1n) is 6.50. The molecule has 1 aromatic carbocycles. The Morgan fingerprint density at radius 1 is 1.50 bits per heavy atom. The maximum atomic E-state index is 12.3. The first kappa shape index (κ1) is 14.2. The maximum absolute atomic E-state index is 12.3. The van der Waals surface area contributed by atoms with Crippen LogP contribution in [0.4, 0.5) is 5.69 Å². The largest absolute Gasteiger partial charge is 0.494 e. The molecule has 0 saturated carbocycles. The SMILES string of the molecule is COc1c(N)cccc1C(=O)NC1CCC(=O)N(C)C1. The number of likely N-dealkylation sites (tertiary alicyclic amines) is 1. The maximum Gasteiger partial charge on any atom is 0.255 e. The Kier molecular flexibility index (Phi) is 4.12. The lowest BCUT2D eigenvalue weighted by molar-refractivity contribution is -0.132. The molecule has 0 bridgehead atoms. The van der Waals surface area contributed by atoms with Crippen LogP contribution in [0.2, 0.25) is 0 Å². The lowest BCUT2D eigenvalue weighted by Crippen LogP contribution is -2.48. The van der Waals surface area contributed by atoms with Crippen LogP contribution in [0.5, 0.6) is 5.75 Å². The molecule has 0 spiro atoms. The molecule has 108 valence electrons. The third kappa shape index (κ3) is 2.84. The summed E-state index contributed by atoms with van der Waals surface area (Å²) in [5.74, 6) is 0.254. The standard InChI is InChI=1S/C14H19N3O3/c1-17-8-9(6-7-12(17)18)16-14(19)10-4-3-5-11(15)13(10)20-2/h3-5,9H,6-8,15H2,1-2H3,(H,16,19). The number of nitrogen functional groups attached to an aromatic ring is 1. The minimum absolute atomic E-state index is 0.0451. The van der Waals surface area contributed by atoms with Gasteiger partial charge >= 0.3 is 0 Å². The van der Waals surface area contributed by atoms with Crippen molar-refractivity contribution in [2.24, 2.45) is 0 Å². The summed E-state index contributed by atoms with van der Waals surface area (Å²) in [6, 6.07) is 5.02. The van der Waals surface area contributed by atoms with Crippen LogP contribution < -0.4 is 15.8 Å². The van der Waals surface area contributed by atoms with Crippen LogP contribution in [0.15, 0.2) is 18.2 Å². The van der Waals surface area contributed by atoms with Crippen LogP contribution in [0.25, 0.3) is 0 Å². The van der Waals surface area contributed by atoms with Crippen molar-refractivity contribution in [2.45, 2.75) is 18.9 Å². The van der Waals surface area contributed by atoms with Gasteiger partial charge in [0, 0.05) is 26.1 Å². The number of rotatable bonds is 3. The van der Waals surface area contributed by atoms with E-state index in [0.29, 0.717) is 36.4 Å². The number of carbonyl (C=O) groups excluding carboxylic acids is 2. The quantitative estimate of drug-likeness (QED) is 0.794. The fourth-order valence-corrected chi connectivity index (χ4v) is 2.35. The number of hydrogen-bond acceptors (Lipinski definition) is 4. The lowest BCUT2D eigenvalue weighted by Gasteiger charge is -2.30. The number of likely N-dealkylation sites (N-methyl/N-ethyl adjacent to an activating group) is 1. The topological polar surface area (TPSA) is 84.7 Å². The van der Waals surface area contributed by atoms with Crippen molar-refractivity contribution >= 4 is 17.5 Å². The van der Waals surface area contributed by atoms with E-state index in [1.807, 2.05) is 0 Å². The van der Waals surface area contributed by atoms with Gasteiger partial charge < -0.3 is 20.7 Å². The average Bonchev–Trinajstić information content (AvgIpc) is 2.42. The van der Waals surface area contributed by atoms with Gasteiger partial charge in [-0.3, -0.25) is 9.59 Å². The fourth-order valence-electron chi connectivity index (χ4n) is 2.35. The van der Waals surface area contributed by atoms with Gasteiger partial charge in [-0.25, -0.2) is 0 Å². The normalized spacial score (nSPS) is 18.8. The van der Waals surface area contributed by atoms with Crippen LogP contribution >= 0.6 is 0 Å². The van der Waals surface area contributed by atoms with Crippen LogP contribution in [-0.2, 0) is 4.79 Å². The Morgan fingerprint density at radius 3 is 2.90 bits per heavy atom. The predicted octanol–water partition coefficient (Wildman–Crippen LogP) is 0.628. The highest BCUT2D eigenvalue weighted by molar-refractivity contribution is 5.98. The third-order valence-electron chi connectivity index (χ3n) is 3.46. The summed E-state index contributed by atoms with van der Waals surface area (Å²) in [5, 5.41) is 2.92. The number of carbonyl (C=O) groups is 2. The van der Waals surface area contributed by atoms with Crippen LogP contribution in [0.3, 0.4) is 0 Å². The summed E-state index contributed by atoms with van der Waals surface area (Å²) in [6.45, 7) is 0.523. The van der Waals surface area contributed by atoms with E-state index in [9.17, 15) is 9.59 Å². The molecule has 6 nitrogen and oxygen atoms in total. The van der Waals surface area contributed by atoms with E-state index in [2.05, 4.69) is 5.32 Å². The van der Waals surface area contributed by atoms with Crippen LogP contribution in [0, 0.1) is 0 Å². The Balaban J connectivity index is 2.09. The molecule has 1 heterocycles. The van der Waals surface area contributed by atoms with Crippen molar-refractivity contribution in [2.75, 3.05) is 26.4 Å². The molecule has 1 unspecified atom stereocenters. The monoisotopic (exact) mass is 277 g/mol.